The quantitative estimate of drug-likeness (QED) is 0.500. The first-order valence-corrected chi connectivity index (χ1v) is 12.2. The Morgan fingerprint density at radius 3 is 2.36 bits per heavy atom. The van der Waals surface area contributed by atoms with Crippen molar-refractivity contribution in [1.82, 2.24) is 0 Å². The summed E-state index contributed by atoms with van der Waals surface area (Å²) in [5.41, 5.74) is 1.26. The predicted octanol–water partition coefficient (Wildman–Crippen LogP) is 4.57. The first-order chi connectivity index (χ1) is 6.60. The molecule has 0 heterocycles. The number of allylic oxidation sites excluding steroid dienone is 3. The van der Waals surface area contributed by atoms with Crippen molar-refractivity contribution < 1.29 is 16.3 Å². The predicted molar refractivity (Wildman–Crippen MR) is 59.9 cm³/mol. The maximum absolute atomic E-state index is 10.9. The summed E-state index contributed by atoms with van der Waals surface area (Å²) in [6, 6.07) is 0. The van der Waals surface area contributed by atoms with Crippen LogP contribution in [0.5, 0.6) is 0 Å². The second-order valence-corrected chi connectivity index (χ2v) is 15.1. The Kier molecular flexibility index (Phi) is 6.99. The fraction of sp³-hybridized carbons (Fsp3) is 0.636. The van der Waals surface area contributed by atoms with E-state index in [1.807, 2.05) is 6.08 Å². The van der Waals surface area contributed by atoms with Crippen molar-refractivity contribution in [1.29, 1.82) is 0 Å². The van der Waals surface area contributed by atoms with Gasteiger partial charge in [0.1, 0.15) is 0 Å². The van der Waals surface area contributed by atoms with Crippen molar-refractivity contribution in [3.63, 3.8) is 0 Å². The van der Waals surface area contributed by atoms with Crippen molar-refractivity contribution in [3.8, 4) is 0 Å². The maximum atomic E-state index is 10.9. The van der Waals surface area contributed by atoms with E-state index in [1.165, 1.54) is 5.57 Å². The van der Waals surface area contributed by atoms with Crippen molar-refractivity contribution >= 4 is 0 Å². The van der Waals surface area contributed by atoms with Crippen LogP contribution in [0, 0.1) is 4.91 Å². The minimum absolute atomic E-state index is 0.984. The molecule has 1 atom stereocenters. The van der Waals surface area contributed by atoms with Gasteiger partial charge in [-0.05, 0) is 0 Å². The monoisotopic (exact) mass is 367 g/mol. The Morgan fingerprint density at radius 2 is 2.00 bits per heavy atom. The zero-order valence-corrected chi connectivity index (χ0v) is 12.6. The topological polar surface area (TPSA) is 29.4 Å². The van der Waals surface area contributed by atoms with E-state index in [-0.39, 0.29) is 0 Å². The van der Waals surface area contributed by atoms with E-state index in [1.54, 1.807) is 0 Å². The molecule has 3 heteroatoms. The van der Waals surface area contributed by atoms with E-state index >= 15 is 0 Å². The number of rotatable bonds is 6. The van der Waals surface area contributed by atoms with E-state index in [2.05, 4.69) is 42.0 Å². The second-order valence-electron chi connectivity index (χ2n) is 3.54. The molecule has 0 spiro atoms. The Balaban J connectivity index is 4.57. The van der Waals surface area contributed by atoms with Crippen LogP contribution in [0.25, 0.3) is 0 Å². The molecular weight excluding hydrogens is 346 g/mol. The van der Waals surface area contributed by atoms with Crippen molar-refractivity contribution in [2.45, 2.75) is 43.7 Å². The van der Waals surface area contributed by atoms with Gasteiger partial charge in [0, 0.05) is 0 Å². The van der Waals surface area contributed by atoms with Crippen LogP contribution in [0.15, 0.2) is 25.9 Å². The van der Waals surface area contributed by atoms with Gasteiger partial charge in [-0.15, -0.1) is 0 Å². The van der Waals surface area contributed by atoms with Gasteiger partial charge < -0.3 is 0 Å². The van der Waals surface area contributed by atoms with Crippen LogP contribution in [-0.2, 0) is 16.3 Å². The molecule has 0 bridgehead atoms. The van der Waals surface area contributed by atoms with Gasteiger partial charge in [0.25, 0.3) is 0 Å². The third-order valence-corrected chi connectivity index (χ3v) is 13.0. The number of nitroso groups, excluding NO2 is 1. The van der Waals surface area contributed by atoms with Crippen LogP contribution in [0.1, 0.15) is 34.1 Å². The zero-order chi connectivity index (χ0) is 11.0. The van der Waals surface area contributed by atoms with Gasteiger partial charge in [0.15, 0.2) is 0 Å². The van der Waals surface area contributed by atoms with Gasteiger partial charge in [0.2, 0.25) is 0 Å². The Hall–Kier alpha value is -0.232. The van der Waals surface area contributed by atoms with Gasteiger partial charge in [-0.2, -0.15) is 0 Å². The third kappa shape index (κ3) is 4.85. The fourth-order valence-corrected chi connectivity index (χ4v) is 8.07. The SMILES string of the molecule is CC[CH2][W]([CH]=CC=C(C)C)([CH2]C)[N]=O. The Morgan fingerprint density at radius 1 is 1.36 bits per heavy atom. The summed E-state index contributed by atoms with van der Waals surface area (Å²) in [6.07, 6.45) is 5.17. The number of hydrogen-bond donors (Lipinski definition) is 0. The molecule has 14 heavy (non-hydrogen) atoms. The number of nitrogens with zero attached hydrogens (tertiary/aromatic N) is 1. The molecule has 0 N–H and O–H groups in total. The molecule has 2 nitrogen and oxygen atoms in total. The molecule has 0 fully saturated rings. The Labute approximate surface area is 90.9 Å². The molecule has 0 aliphatic carbocycles. The van der Waals surface area contributed by atoms with Crippen molar-refractivity contribution in [2.24, 2.45) is 3.74 Å². The molecule has 0 amide bonds. The van der Waals surface area contributed by atoms with E-state index < -0.39 is 16.3 Å². The van der Waals surface area contributed by atoms with Crippen LogP contribution in [0.4, 0.5) is 0 Å². The first kappa shape index (κ1) is 13.8. The zero-order valence-electron chi connectivity index (χ0n) is 9.62. The average molecular weight is 367 g/mol. The molecule has 0 aromatic carbocycles. The molecular formula is C11H21NOW. The molecule has 82 valence electrons. The van der Waals surface area contributed by atoms with Crippen LogP contribution in [0.3, 0.4) is 0 Å². The molecule has 0 aromatic rings. The van der Waals surface area contributed by atoms with Gasteiger partial charge in [-0.3, -0.25) is 0 Å². The molecule has 0 aliphatic rings. The van der Waals surface area contributed by atoms with E-state index in [0.717, 1.165) is 16.0 Å². The summed E-state index contributed by atoms with van der Waals surface area (Å²) in [6.45, 7) is 8.34. The summed E-state index contributed by atoms with van der Waals surface area (Å²) in [5, 5.41) is 0. The van der Waals surface area contributed by atoms with Crippen molar-refractivity contribution in [2.75, 3.05) is 0 Å². The number of hydrogen-bond acceptors (Lipinski definition) is 2. The summed E-state index contributed by atoms with van der Waals surface area (Å²) in [5.74, 6) is 0. The normalized spacial score (nSPS) is 17.4. The van der Waals surface area contributed by atoms with Crippen LogP contribution in [0.2, 0.25) is 9.62 Å². The van der Waals surface area contributed by atoms with Gasteiger partial charge in [-0.25, -0.2) is 0 Å². The molecule has 0 aromatic heterocycles. The van der Waals surface area contributed by atoms with Gasteiger partial charge >= 0.3 is 90.9 Å². The van der Waals surface area contributed by atoms with Gasteiger partial charge in [-0.1, -0.05) is 0 Å². The van der Waals surface area contributed by atoms with Crippen LogP contribution < -0.4 is 0 Å². The Bertz CT molecular complexity index is 231. The van der Waals surface area contributed by atoms with E-state index in [4.69, 9.17) is 0 Å². The molecule has 1 unspecified atom stereocenters. The summed E-state index contributed by atoms with van der Waals surface area (Å²) in [4.78, 5) is 12.9. The third-order valence-electron chi connectivity index (χ3n) is 1.97. The fourth-order valence-electron chi connectivity index (χ4n) is 1.15. The first-order valence-electron chi connectivity index (χ1n) is 5.05. The molecule has 0 aliphatic heterocycles. The molecule has 0 rings (SSSR count). The van der Waals surface area contributed by atoms with E-state index in [0.29, 0.717) is 0 Å². The average Bonchev–Trinajstić information content (AvgIpc) is 2.16. The molecule has 0 saturated heterocycles. The standard InChI is InChI=1S/C6H9.C3H7.C2H5.NO.W/c1-4-5-6(2)3;1-3-2;2*1-2;/h1,4-5H,2-3H3;1,3H2,2H3;1H2,2H3;;/q;;;-1;+1. The van der Waals surface area contributed by atoms with Crippen LogP contribution >= 0.6 is 0 Å². The summed E-state index contributed by atoms with van der Waals surface area (Å²) in [7, 11) is 0. The minimum atomic E-state index is -2.71. The van der Waals surface area contributed by atoms with E-state index in [9.17, 15) is 4.91 Å². The molecule has 0 saturated carbocycles. The second kappa shape index (κ2) is 7.11. The van der Waals surface area contributed by atoms with Gasteiger partial charge in [0.05, 0.1) is 0 Å². The summed E-state index contributed by atoms with van der Waals surface area (Å²) >= 11 is -2.71. The molecule has 0 radical (unpaired) electrons. The summed E-state index contributed by atoms with van der Waals surface area (Å²) < 4.78 is 5.60. The van der Waals surface area contributed by atoms with Crippen molar-refractivity contribution in [3.05, 3.63) is 27.1 Å². The van der Waals surface area contributed by atoms with Crippen LogP contribution in [-0.4, -0.2) is 0 Å².